The summed E-state index contributed by atoms with van der Waals surface area (Å²) in [6.45, 7) is 2.45. The van der Waals surface area contributed by atoms with Crippen molar-refractivity contribution in [2.45, 2.75) is 19.9 Å². The molecule has 1 aromatic carbocycles. The fourth-order valence-electron chi connectivity index (χ4n) is 2.81. The third kappa shape index (κ3) is 2.26. The second-order valence-corrected chi connectivity index (χ2v) is 6.30. The molecule has 0 amide bonds. The molecule has 0 spiro atoms. The maximum Gasteiger partial charge on any atom is 0.311 e. The van der Waals surface area contributed by atoms with Gasteiger partial charge in [0.15, 0.2) is 11.6 Å². The van der Waals surface area contributed by atoms with E-state index in [-0.39, 0.29) is 6.42 Å². The maximum absolute atomic E-state index is 10.9. The van der Waals surface area contributed by atoms with Crippen LogP contribution in [0.5, 0.6) is 0 Å². The molecule has 8 heteroatoms. The number of rotatable bonds is 2. The van der Waals surface area contributed by atoms with Crippen molar-refractivity contribution in [3.05, 3.63) is 46.2 Å². The Bertz CT molecular complexity index is 943. The minimum absolute atomic E-state index is 0.193. The van der Waals surface area contributed by atoms with Gasteiger partial charge in [-0.3, -0.25) is 4.79 Å². The molecule has 0 radical (unpaired) electrons. The Hall–Kier alpha value is -2.48. The molecule has 23 heavy (non-hydrogen) atoms. The number of imidazole rings is 1. The molecule has 3 aromatic rings. The van der Waals surface area contributed by atoms with E-state index in [2.05, 4.69) is 31.0 Å². The highest BCUT2D eigenvalue weighted by Gasteiger charge is 2.24. The van der Waals surface area contributed by atoms with Crippen molar-refractivity contribution in [3.8, 4) is 17.1 Å². The van der Waals surface area contributed by atoms with Gasteiger partial charge in [-0.25, -0.2) is 14.6 Å². The van der Waals surface area contributed by atoms with E-state index in [0.717, 1.165) is 27.1 Å². The average Bonchev–Trinajstić information content (AvgIpc) is 3.01. The molecule has 0 saturated heterocycles. The zero-order valence-electron chi connectivity index (χ0n) is 12.2. The van der Waals surface area contributed by atoms with E-state index in [4.69, 9.17) is 5.11 Å². The quantitative estimate of drug-likeness (QED) is 0.581. The van der Waals surface area contributed by atoms with Crippen LogP contribution in [0.15, 0.2) is 29.0 Å². The van der Waals surface area contributed by atoms with Crippen LogP contribution in [0.3, 0.4) is 0 Å². The van der Waals surface area contributed by atoms with Crippen molar-refractivity contribution in [1.82, 2.24) is 24.3 Å². The SMILES string of the molecule is Cc1ncn2c1Cn1nc(CC(=O)O)nc1-c1cc(Br)ccc1-2. The first-order valence-corrected chi connectivity index (χ1v) is 7.81. The van der Waals surface area contributed by atoms with Crippen molar-refractivity contribution in [2.75, 3.05) is 0 Å². The molecule has 1 aliphatic rings. The molecule has 2 aromatic heterocycles. The third-order valence-electron chi connectivity index (χ3n) is 3.86. The predicted octanol–water partition coefficient (Wildman–Crippen LogP) is 2.19. The molecule has 0 unspecified atom stereocenters. The summed E-state index contributed by atoms with van der Waals surface area (Å²) in [6, 6.07) is 5.91. The van der Waals surface area contributed by atoms with E-state index in [1.165, 1.54) is 0 Å². The summed E-state index contributed by atoms with van der Waals surface area (Å²) < 4.78 is 4.70. The Kier molecular flexibility index (Phi) is 3.08. The summed E-state index contributed by atoms with van der Waals surface area (Å²) >= 11 is 3.48. The largest absolute Gasteiger partial charge is 0.481 e. The number of aliphatic carboxylic acids is 1. The number of nitrogens with zero attached hydrogens (tertiary/aromatic N) is 5. The Morgan fingerprint density at radius 2 is 2.26 bits per heavy atom. The van der Waals surface area contributed by atoms with Crippen molar-refractivity contribution < 1.29 is 9.90 Å². The molecule has 0 aliphatic carbocycles. The summed E-state index contributed by atoms with van der Waals surface area (Å²) in [5.41, 5.74) is 3.78. The number of aryl methyl sites for hydroxylation is 1. The molecular formula is C15H12BrN5O2. The molecule has 0 atom stereocenters. The normalized spacial score (nSPS) is 12.3. The Labute approximate surface area is 139 Å². The monoisotopic (exact) mass is 373 g/mol. The molecule has 0 fully saturated rings. The fraction of sp³-hybridized carbons (Fsp3) is 0.200. The lowest BCUT2D eigenvalue weighted by Gasteiger charge is -2.08. The minimum atomic E-state index is -0.943. The Morgan fingerprint density at radius 3 is 3.04 bits per heavy atom. The number of hydrogen-bond donors (Lipinski definition) is 1. The van der Waals surface area contributed by atoms with E-state index in [1.807, 2.05) is 29.7 Å². The second kappa shape index (κ2) is 5.02. The van der Waals surface area contributed by atoms with Crippen LogP contribution in [-0.4, -0.2) is 35.4 Å². The number of carboxylic acids is 1. The summed E-state index contributed by atoms with van der Waals surface area (Å²) in [5.74, 6) is 0.0335. The number of benzene rings is 1. The van der Waals surface area contributed by atoms with Gasteiger partial charge in [-0.05, 0) is 25.1 Å². The van der Waals surface area contributed by atoms with Gasteiger partial charge in [-0.15, -0.1) is 0 Å². The predicted molar refractivity (Wildman–Crippen MR) is 85.5 cm³/mol. The molecule has 1 aliphatic heterocycles. The topological polar surface area (TPSA) is 85.8 Å². The van der Waals surface area contributed by atoms with Gasteiger partial charge < -0.3 is 9.67 Å². The maximum atomic E-state index is 10.9. The molecule has 0 bridgehead atoms. The van der Waals surface area contributed by atoms with Gasteiger partial charge in [0.1, 0.15) is 6.42 Å². The molecule has 4 rings (SSSR count). The number of aromatic nitrogens is 5. The van der Waals surface area contributed by atoms with E-state index in [1.54, 1.807) is 11.0 Å². The molecular weight excluding hydrogens is 362 g/mol. The molecule has 0 saturated carbocycles. The molecule has 7 nitrogen and oxygen atoms in total. The molecule has 116 valence electrons. The number of carboxylic acid groups (broad SMARTS) is 1. The van der Waals surface area contributed by atoms with Crippen LogP contribution in [-0.2, 0) is 17.8 Å². The summed E-state index contributed by atoms with van der Waals surface area (Å²) in [7, 11) is 0. The van der Waals surface area contributed by atoms with Crippen molar-refractivity contribution in [2.24, 2.45) is 0 Å². The number of fused-ring (bicyclic) bond motifs is 5. The highest BCUT2D eigenvalue weighted by Crippen LogP contribution is 2.33. The summed E-state index contributed by atoms with van der Waals surface area (Å²) in [4.78, 5) is 19.8. The first-order chi connectivity index (χ1) is 11.0. The van der Waals surface area contributed by atoms with Gasteiger partial charge in [-0.1, -0.05) is 15.9 Å². The van der Waals surface area contributed by atoms with Gasteiger partial charge in [0.2, 0.25) is 0 Å². The first kappa shape index (κ1) is 14.1. The van der Waals surface area contributed by atoms with E-state index in [0.29, 0.717) is 18.2 Å². The Morgan fingerprint density at radius 1 is 1.43 bits per heavy atom. The zero-order valence-corrected chi connectivity index (χ0v) is 13.8. The Balaban J connectivity index is 1.98. The standard InChI is InChI=1S/C15H12BrN5O2/c1-8-12-6-21-15(18-13(19-21)5-14(22)23)10-4-9(16)2-3-11(10)20(12)7-17-8/h2-4,7H,5-6H2,1H3,(H,22,23). The van der Waals surface area contributed by atoms with Crippen LogP contribution in [0.25, 0.3) is 17.1 Å². The second-order valence-electron chi connectivity index (χ2n) is 5.39. The highest BCUT2D eigenvalue weighted by molar-refractivity contribution is 9.10. The van der Waals surface area contributed by atoms with E-state index < -0.39 is 5.97 Å². The molecule has 1 N–H and O–H groups in total. The number of carbonyl (C=O) groups is 1. The lowest BCUT2D eigenvalue weighted by atomic mass is 10.1. The van der Waals surface area contributed by atoms with Crippen LogP contribution in [0.1, 0.15) is 17.2 Å². The van der Waals surface area contributed by atoms with Gasteiger partial charge in [0.25, 0.3) is 0 Å². The van der Waals surface area contributed by atoms with E-state index in [9.17, 15) is 4.79 Å². The number of halogens is 1. The van der Waals surface area contributed by atoms with Crippen LogP contribution < -0.4 is 0 Å². The number of hydrogen-bond acceptors (Lipinski definition) is 4. The van der Waals surface area contributed by atoms with Crippen LogP contribution in [0, 0.1) is 6.92 Å². The molecule has 3 heterocycles. The van der Waals surface area contributed by atoms with Gasteiger partial charge in [-0.2, -0.15) is 5.10 Å². The lowest BCUT2D eigenvalue weighted by molar-refractivity contribution is -0.136. The van der Waals surface area contributed by atoms with E-state index >= 15 is 0 Å². The van der Waals surface area contributed by atoms with Crippen LogP contribution in [0.2, 0.25) is 0 Å². The van der Waals surface area contributed by atoms with Crippen LogP contribution >= 0.6 is 15.9 Å². The summed E-state index contributed by atoms with van der Waals surface area (Å²) in [5, 5.41) is 13.3. The van der Waals surface area contributed by atoms with Crippen LogP contribution in [0.4, 0.5) is 0 Å². The minimum Gasteiger partial charge on any atom is -0.481 e. The average molecular weight is 374 g/mol. The van der Waals surface area contributed by atoms with Crippen molar-refractivity contribution in [1.29, 1.82) is 0 Å². The van der Waals surface area contributed by atoms with Crippen molar-refractivity contribution >= 4 is 21.9 Å². The highest BCUT2D eigenvalue weighted by atomic mass is 79.9. The summed E-state index contributed by atoms with van der Waals surface area (Å²) in [6.07, 6.45) is 1.60. The van der Waals surface area contributed by atoms with Gasteiger partial charge >= 0.3 is 5.97 Å². The first-order valence-electron chi connectivity index (χ1n) is 7.01. The lowest BCUT2D eigenvalue weighted by Crippen LogP contribution is -2.07. The van der Waals surface area contributed by atoms with Gasteiger partial charge in [0, 0.05) is 10.0 Å². The fourth-order valence-corrected chi connectivity index (χ4v) is 3.17. The zero-order chi connectivity index (χ0) is 16.1. The van der Waals surface area contributed by atoms with Gasteiger partial charge in [0.05, 0.1) is 29.9 Å². The third-order valence-corrected chi connectivity index (χ3v) is 4.35. The smallest absolute Gasteiger partial charge is 0.311 e. The van der Waals surface area contributed by atoms with Crippen molar-refractivity contribution in [3.63, 3.8) is 0 Å².